The Kier molecular flexibility index (Phi) is 3.57. The lowest BCUT2D eigenvalue weighted by atomic mass is 9.78. The summed E-state index contributed by atoms with van der Waals surface area (Å²) in [4.78, 5) is 0. The van der Waals surface area contributed by atoms with Crippen LogP contribution >= 0.6 is 0 Å². The number of hydrogen-bond donors (Lipinski definition) is 1. The third kappa shape index (κ3) is 3.14. The van der Waals surface area contributed by atoms with Gasteiger partial charge in [0.2, 0.25) is 0 Å². The van der Waals surface area contributed by atoms with Crippen molar-refractivity contribution >= 4 is 0 Å². The second-order valence-electron chi connectivity index (χ2n) is 4.92. The minimum absolute atomic E-state index is 0.571. The molecule has 1 nitrogen and oxygen atoms in total. The summed E-state index contributed by atoms with van der Waals surface area (Å²) in [7, 11) is 0. The molecule has 1 heterocycles. The van der Waals surface area contributed by atoms with Crippen molar-refractivity contribution in [3.05, 3.63) is 0 Å². The molecule has 1 N–H and O–H groups in total. The number of hydrogen-bond acceptors (Lipinski definition) is 1. The summed E-state index contributed by atoms with van der Waals surface area (Å²) in [5.41, 5.74) is 0.571. The van der Waals surface area contributed by atoms with E-state index in [1.807, 2.05) is 0 Å². The van der Waals surface area contributed by atoms with Crippen LogP contribution in [0.1, 0.15) is 46.5 Å². The lowest BCUT2D eigenvalue weighted by Gasteiger charge is -2.31. The van der Waals surface area contributed by atoms with E-state index in [2.05, 4.69) is 26.1 Å². The SMILES string of the molecule is CCC(C)(C)CC1CCNCC1. The maximum absolute atomic E-state index is 3.42. The van der Waals surface area contributed by atoms with Gasteiger partial charge in [-0.3, -0.25) is 0 Å². The Morgan fingerprint density at radius 2 is 1.83 bits per heavy atom. The van der Waals surface area contributed by atoms with Crippen LogP contribution in [0.5, 0.6) is 0 Å². The molecule has 0 aromatic heterocycles. The van der Waals surface area contributed by atoms with E-state index in [1.54, 1.807) is 0 Å². The lowest BCUT2D eigenvalue weighted by molar-refractivity contribution is 0.222. The molecule has 0 unspecified atom stereocenters. The standard InChI is InChI=1S/C11H23N/c1-4-11(2,3)9-10-5-7-12-8-6-10/h10,12H,4-9H2,1-3H3. The van der Waals surface area contributed by atoms with Gasteiger partial charge >= 0.3 is 0 Å². The molecule has 1 fully saturated rings. The largest absolute Gasteiger partial charge is 0.317 e. The number of rotatable bonds is 3. The van der Waals surface area contributed by atoms with Crippen LogP contribution in [0.4, 0.5) is 0 Å². The molecular formula is C11H23N. The topological polar surface area (TPSA) is 12.0 Å². The fourth-order valence-corrected chi connectivity index (χ4v) is 2.01. The maximum atomic E-state index is 3.42. The van der Waals surface area contributed by atoms with Gasteiger partial charge in [0.05, 0.1) is 0 Å². The van der Waals surface area contributed by atoms with Crippen LogP contribution in [0, 0.1) is 11.3 Å². The molecule has 0 aromatic rings. The molecule has 0 aromatic carbocycles. The average molecular weight is 169 g/mol. The van der Waals surface area contributed by atoms with Crippen molar-refractivity contribution in [2.45, 2.75) is 46.5 Å². The van der Waals surface area contributed by atoms with Gasteiger partial charge in [-0.1, -0.05) is 27.2 Å². The Morgan fingerprint density at radius 1 is 1.25 bits per heavy atom. The molecule has 1 aliphatic heterocycles. The Labute approximate surface area is 76.9 Å². The summed E-state index contributed by atoms with van der Waals surface area (Å²) >= 11 is 0. The van der Waals surface area contributed by atoms with Crippen LogP contribution in [0.3, 0.4) is 0 Å². The van der Waals surface area contributed by atoms with Gasteiger partial charge in [0.1, 0.15) is 0 Å². The van der Waals surface area contributed by atoms with Gasteiger partial charge in [0.15, 0.2) is 0 Å². The molecule has 0 amide bonds. The van der Waals surface area contributed by atoms with E-state index in [1.165, 1.54) is 38.8 Å². The summed E-state index contributed by atoms with van der Waals surface area (Å²) in [5.74, 6) is 0.987. The van der Waals surface area contributed by atoms with Gasteiger partial charge in [0, 0.05) is 0 Å². The minimum Gasteiger partial charge on any atom is -0.317 e. The van der Waals surface area contributed by atoms with Gasteiger partial charge in [0.25, 0.3) is 0 Å². The Hall–Kier alpha value is -0.0400. The van der Waals surface area contributed by atoms with E-state index in [9.17, 15) is 0 Å². The fourth-order valence-electron chi connectivity index (χ4n) is 2.01. The van der Waals surface area contributed by atoms with Gasteiger partial charge in [-0.2, -0.15) is 0 Å². The summed E-state index contributed by atoms with van der Waals surface area (Å²) in [6, 6.07) is 0. The number of piperidine rings is 1. The second-order valence-corrected chi connectivity index (χ2v) is 4.92. The molecule has 1 rings (SSSR count). The van der Waals surface area contributed by atoms with E-state index >= 15 is 0 Å². The third-order valence-electron chi connectivity index (χ3n) is 3.26. The molecule has 0 aliphatic carbocycles. The predicted octanol–water partition coefficient (Wildman–Crippen LogP) is 2.81. The van der Waals surface area contributed by atoms with E-state index in [0.717, 1.165) is 5.92 Å². The monoisotopic (exact) mass is 169 g/mol. The number of nitrogens with one attached hydrogen (secondary N) is 1. The molecule has 0 bridgehead atoms. The Bertz CT molecular complexity index is 123. The first-order chi connectivity index (χ1) is 5.64. The molecular weight excluding hydrogens is 146 g/mol. The molecule has 1 heteroatoms. The van der Waals surface area contributed by atoms with Crippen LogP contribution in [0.25, 0.3) is 0 Å². The Balaban J connectivity index is 2.28. The first-order valence-corrected chi connectivity index (χ1v) is 5.35. The molecule has 1 saturated heterocycles. The highest BCUT2D eigenvalue weighted by Gasteiger charge is 2.22. The zero-order chi connectivity index (χ0) is 9.03. The second kappa shape index (κ2) is 4.27. The van der Waals surface area contributed by atoms with Crippen LogP contribution in [0.15, 0.2) is 0 Å². The zero-order valence-electron chi connectivity index (χ0n) is 8.82. The van der Waals surface area contributed by atoms with Crippen molar-refractivity contribution in [2.24, 2.45) is 11.3 Å². The fraction of sp³-hybridized carbons (Fsp3) is 1.00. The van der Waals surface area contributed by atoms with E-state index in [0.29, 0.717) is 5.41 Å². The highest BCUT2D eigenvalue weighted by molar-refractivity contribution is 4.76. The molecule has 0 atom stereocenters. The van der Waals surface area contributed by atoms with Crippen molar-refractivity contribution in [2.75, 3.05) is 13.1 Å². The Morgan fingerprint density at radius 3 is 2.33 bits per heavy atom. The average Bonchev–Trinajstić information content (AvgIpc) is 2.06. The van der Waals surface area contributed by atoms with Gasteiger partial charge in [-0.05, 0) is 43.7 Å². The van der Waals surface area contributed by atoms with Crippen LogP contribution in [0.2, 0.25) is 0 Å². The highest BCUT2D eigenvalue weighted by atomic mass is 14.9. The van der Waals surface area contributed by atoms with Gasteiger partial charge < -0.3 is 5.32 Å². The van der Waals surface area contributed by atoms with Crippen LogP contribution < -0.4 is 5.32 Å². The summed E-state index contributed by atoms with van der Waals surface area (Å²) in [6.07, 6.45) is 5.52. The minimum atomic E-state index is 0.571. The smallest absolute Gasteiger partial charge is 0.00463 e. The quantitative estimate of drug-likeness (QED) is 0.685. The molecule has 12 heavy (non-hydrogen) atoms. The molecule has 0 spiro atoms. The highest BCUT2D eigenvalue weighted by Crippen LogP contribution is 2.32. The van der Waals surface area contributed by atoms with E-state index in [-0.39, 0.29) is 0 Å². The predicted molar refractivity (Wildman–Crippen MR) is 54.3 cm³/mol. The summed E-state index contributed by atoms with van der Waals surface area (Å²) in [6.45, 7) is 9.58. The molecule has 1 aliphatic rings. The molecule has 0 radical (unpaired) electrons. The van der Waals surface area contributed by atoms with Crippen molar-refractivity contribution in [1.29, 1.82) is 0 Å². The van der Waals surface area contributed by atoms with Gasteiger partial charge in [-0.15, -0.1) is 0 Å². The van der Waals surface area contributed by atoms with Crippen molar-refractivity contribution in [3.63, 3.8) is 0 Å². The molecule has 0 saturated carbocycles. The summed E-state index contributed by atoms with van der Waals surface area (Å²) in [5, 5.41) is 3.42. The maximum Gasteiger partial charge on any atom is -0.00463 e. The van der Waals surface area contributed by atoms with Crippen LogP contribution in [-0.2, 0) is 0 Å². The van der Waals surface area contributed by atoms with Gasteiger partial charge in [-0.25, -0.2) is 0 Å². The zero-order valence-corrected chi connectivity index (χ0v) is 8.82. The summed E-state index contributed by atoms with van der Waals surface area (Å²) < 4.78 is 0. The lowest BCUT2D eigenvalue weighted by Crippen LogP contribution is -2.30. The van der Waals surface area contributed by atoms with E-state index in [4.69, 9.17) is 0 Å². The van der Waals surface area contributed by atoms with Crippen molar-refractivity contribution < 1.29 is 0 Å². The van der Waals surface area contributed by atoms with Crippen molar-refractivity contribution in [1.82, 2.24) is 5.32 Å². The molecule has 72 valence electrons. The third-order valence-corrected chi connectivity index (χ3v) is 3.26. The first-order valence-electron chi connectivity index (χ1n) is 5.35. The first kappa shape index (κ1) is 10.0. The van der Waals surface area contributed by atoms with E-state index < -0.39 is 0 Å². The normalized spacial score (nSPS) is 21.2. The van der Waals surface area contributed by atoms with Crippen LogP contribution in [-0.4, -0.2) is 13.1 Å². The van der Waals surface area contributed by atoms with Crippen molar-refractivity contribution in [3.8, 4) is 0 Å².